The van der Waals surface area contributed by atoms with E-state index in [1.165, 1.54) is 24.6 Å². The molecule has 11 heteroatoms. The van der Waals surface area contributed by atoms with Crippen molar-refractivity contribution in [1.82, 2.24) is 0 Å². The Morgan fingerprint density at radius 2 is 1.84 bits per heavy atom. The summed E-state index contributed by atoms with van der Waals surface area (Å²) in [6.45, 7) is 1.90. The van der Waals surface area contributed by atoms with E-state index in [1.54, 1.807) is 12.1 Å². The summed E-state index contributed by atoms with van der Waals surface area (Å²) in [7, 11) is -7.40. The summed E-state index contributed by atoms with van der Waals surface area (Å²) in [5, 5.41) is 14.3. The van der Waals surface area contributed by atoms with Gasteiger partial charge in [0.15, 0.2) is 11.6 Å². The van der Waals surface area contributed by atoms with Crippen molar-refractivity contribution in [3.8, 4) is 0 Å². The smallest absolute Gasteiger partial charge is 0.229 e. The average Bonchev–Trinajstić information content (AvgIpc) is 2.83. The highest BCUT2D eigenvalue weighted by Crippen LogP contribution is 2.57. The van der Waals surface area contributed by atoms with E-state index in [9.17, 15) is 27.4 Å². The first-order valence-electron chi connectivity index (χ1n) is 12.2. The lowest BCUT2D eigenvalue weighted by Gasteiger charge is -2.40. The zero-order valence-electron chi connectivity index (χ0n) is 20.7. The number of anilines is 2. The third-order valence-electron chi connectivity index (χ3n) is 7.45. The van der Waals surface area contributed by atoms with Crippen LogP contribution in [0, 0.1) is 5.92 Å². The highest BCUT2D eigenvalue weighted by molar-refractivity contribution is 8.23. The van der Waals surface area contributed by atoms with E-state index < -0.39 is 26.2 Å². The Balaban J connectivity index is 1.58. The average molecular weight is 546 g/mol. The number of amidine groups is 1. The van der Waals surface area contributed by atoms with Crippen molar-refractivity contribution in [2.45, 2.75) is 55.8 Å². The summed E-state index contributed by atoms with van der Waals surface area (Å²) in [5.74, 6) is -0.333. The van der Waals surface area contributed by atoms with Gasteiger partial charge in [0.05, 0.1) is 23.0 Å². The van der Waals surface area contributed by atoms with E-state index in [1.807, 2.05) is 19.1 Å². The van der Waals surface area contributed by atoms with Gasteiger partial charge in [-0.1, -0.05) is 67.1 Å². The van der Waals surface area contributed by atoms with Crippen LogP contribution in [0.4, 0.5) is 11.4 Å². The quantitative estimate of drug-likeness (QED) is 0.324. The first-order chi connectivity index (χ1) is 17.4. The predicted octanol–water partition coefficient (Wildman–Crippen LogP) is 5.69. The fourth-order valence-electron chi connectivity index (χ4n) is 5.77. The van der Waals surface area contributed by atoms with Crippen LogP contribution in [0.3, 0.4) is 0 Å². The number of hydrogen-bond acceptors (Lipinski definition) is 8. The van der Waals surface area contributed by atoms with Gasteiger partial charge in [-0.3, -0.25) is 18.6 Å². The second kappa shape index (κ2) is 9.16. The molecule has 0 saturated heterocycles. The third kappa shape index (κ3) is 4.76. The zero-order chi connectivity index (χ0) is 26.6. The summed E-state index contributed by atoms with van der Waals surface area (Å²) in [6, 6.07) is 11.5. The van der Waals surface area contributed by atoms with E-state index in [0.29, 0.717) is 17.9 Å². The second-order valence-electron chi connectivity index (χ2n) is 10.3. The molecule has 2 aromatic rings. The van der Waals surface area contributed by atoms with Crippen LogP contribution in [0.1, 0.15) is 56.6 Å². The maximum Gasteiger partial charge on any atom is 0.229 e. The van der Waals surface area contributed by atoms with E-state index in [0.717, 1.165) is 37.5 Å². The van der Waals surface area contributed by atoms with Crippen LogP contribution in [0.5, 0.6) is 0 Å². The SMILES string of the molecule is CC1(CC2CCCCC2)C(=O)C(C2=NS(O)(O)c3cc(NS(C)(=O)=O)ccc3N2)=C(O)c2ccccc21. The number of aliphatic hydroxyl groups excluding tert-OH is 1. The fourth-order valence-corrected chi connectivity index (χ4v) is 7.51. The molecule has 1 saturated carbocycles. The van der Waals surface area contributed by atoms with Crippen molar-refractivity contribution in [3.05, 3.63) is 59.2 Å². The fraction of sp³-hybridized carbons (Fsp3) is 0.385. The third-order valence-corrected chi connectivity index (χ3v) is 9.42. The van der Waals surface area contributed by atoms with E-state index in [4.69, 9.17) is 0 Å². The van der Waals surface area contributed by atoms with Crippen molar-refractivity contribution in [1.29, 1.82) is 0 Å². The molecule has 9 nitrogen and oxygen atoms in total. The van der Waals surface area contributed by atoms with Crippen molar-refractivity contribution in [3.63, 3.8) is 0 Å². The van der Waals surface area contributed by atoms with Crippen LogP contribution in [0.15, 0.2) is 57.3 Å². The largest absolute Gasteiger partial charge is 0.506 e. The molecular formula is C26H31N3O6S2. The topological polar surface area (TPSA) is 148 Å². The molecule has 1 heterocycles. The lowest BCUT2D eigenvalue weighted by Crippen LogP contribution is -2.43. The number of aliphatic hydroxyl groups is 1. The van der Waals surface area contributed by atoms with Crippen LogP contribution >= 0.6 is 10.8 Å². The summed E-state index contributed by atoms with van der Waals surface area (Å²) in [6.07, 6.45) is 7.17. The van der Waals surface area contributed by atoms with Gasteiger partial charge in [0, 0.05) is 5.56 Å². The normalized spacial score (nSPS) is 24.4. The van der Waals surface area contributed by atoms with Gasteiger partial charge in [-0.2, -0.15) is 0 Å². The number of ketones is 1. The van der Waals surface area contributed by atoms with E-state index >= 15 is 0 Å². The summed E-state index contributed by atoms with van der Waals surface area (Å²) in [5.41, 5.74) is 0.677. The Morgan fingerprint density at radius 3 is 2.54 bits per heavy atom. The highest BCUT2D eigenvalue weighted by Gasteiger charge is 2.47. The molecular weight excluding hydrogens is 514 g/mol. The number of carbonyl (C=O) groups excluding carboxylic acids is 1. The minimum Gasteiger partial charge on any atom is -0.506 e. The summed E-state index contributed by atoms with van der Waals surface area (Å²) < 4.78 is 51.5. The molecule has 0 radical (unpaired) electrons. The van der Waals surface area contributed by atoms with Crippen LogP contribution < -0.4 is 10.0 Å². The Hall–Kier alpha value is -2.86. The molecule has 0 amide bonds. The molecule has 37 heavy (non-hydrogen) atoms. The van der Waals surface area contributed by atoms with E-state index in [-0.39, 0.29) is 39.2 Å². The molecule has 5 rings (SSSR count). The van der Waals surface area contributed by atoms with Crippen LogP contribution in [0.25, 0.3) is 5.76 Å². The predicted molar refractivity (Wildman–Crippen MR) is 147 cm³/mol. The number of rotatable bonds is 5. The minimum atomic E-state index is -3.81. The molecule has 0 spiro atoms. The van der Waals surface area contributed by atoms with Crippen molar-refractivity contribution < 1.29 is 27.4 Å². The van der Waals surface area contributed by atoms with Gasteiger partial charge in [0.25, 0.3) is 0 Å². The number of Topliss-reactive ketones (excluding diaryl/α,β-unsaturated/α-hetero) is 1. The Bertz CT molecular complexity index is 1440. The molecule has 198 valence electrons. The number of sulfonamides is 1. The van der Waals surface area contributed by atoms with Crippen molar-refractivity contribution in [2.24, 2.45) is 10.3 Å². The summed E-state index contributed by atoms with van der Waals surface area (Å²) in [4.78, 5) is 14.1. The van der Waals surface area contributed by atoms with Crippen LogP contribution in [-0.2, 0) is 20.2 Å². The first kappa shape index (κ1) is 25.8. The Labute approximate surface area is 218 Å². The number of benzene rings is 2. The standard InChI is InChI=1S/C26H31N3O6S2/c1-26(15-16-8-4-3-5-9-16)19-11-7-6-10-18(19)23(30)22(24(26)31)25-27-20-13-12-17(28-36(2,32)33)14-21(20)37(34,35)29-25/h6-7,10-14,16,28,30,34-35H,3-5,8-9,15H2,1-2H3,(H,27,29). The van der Waals surface area contributed by atoms with E-state index in [2.05, 4.69) is 14.4 Å². The molecule has 1 fully saturated rings. The number of nitrogens with one attached hydrogen (secondary N) is 2. The van der Waals surface area contributed by atoms with Gasteiger partial charge in [-0.15, -0.1) is 4.40 Å². The maximum absolute atomic E-state index is 14.2. The number of carbonyl (C=O) groups is 1. The molecule has 0 aromatic heterocycles. The molecule has 1 aliphatic heterocycles. The Kier molecular flexibility index (Phi) is 6.38. The van der Waals surface area contributed by atoms with Crippen LogP contribution in [0.2, 0.25) is 0 Å². The van der Waals surface area contributed by atoms with Gasteiger partial charge < -0.3 is 10.4 Å². The lowest BCUT2D eigenvalue weighted by molar-refractivity contribution is -0.120. The number of fused-ring (bicyclic) bond motifs is 2. The van der Waals surface area contributed by atoms with Gasteiger partial charge in [0.1, 0.15) is 16.2 Å². The molecule has 5 N–H and O–H groups in total. The second-order valence-corrected chi connectivity index (χ2v) is 13.7. The van der Waals surface area contributed by atoms with Gasteiger partial charge in [-0.05, 0) is 43.0 Å². The molecule has 1 unspecified atom stereocenters. The maximum atomic E-state index is 14.2. The zero-order valence-corrected chi connectivity index (χ0v) is 22.3. The lowest BCUT2D eigenvalue weighted by atomic mass is 9.64. The van der Waals surface area contributed by atoms with Gasteiger partial charge in [-0.25, -0.2) is 8.42 Å². The molecule has 2 aliphatic carbocycles. The number of nitrogens with zero attached hydrogens (tertiary/aromatic N) is 1. The highest BCUT2D eigenvalue weighted by atomic mass is 32.3. The molecule has 3 aliphatic rings. The molecule has 0 bridgehead atoms. The minimum absolute atomic E-state index is 0.0152. The van der Waals surface area contributed by atoms with Crippen molar-refractivity contribution in [2.75, 3.05) is 16.3 Å². The van der Waals surface area contributed by atoms with Gasteiger partial charge >= 0.3 is 0 Å². The Morgan fingerprint density at radius 1 is 1.14 bits per heavy atom. The van der Waals surface area contributed by atoms with Gasteiger partial charge in [0.2, 0.25) is 10.0 Å². The van der Waals surface area contributed by atoms with Crippen LogP contribution in [-0.4, -0.2) is 40.5 Å². The first-order valence-corrected chi connectivity index (χ1v) is 15.6. The molecule has 1 atom stereocenters. The molecule has 2 aromatic carbocycles. The number of hydrogen-bond donors (Lipinski definition) is 5. The monoisotopic (exact) mass is 545 g/mol. The van der Waals surface area contributed by atoms with Crippen molar-refractivity contribution >= 4 is 49.6 Å². The summed E-state index contributed by atoms with van der Waals surface area (Å²) >= 11 is 0.